The van der Waals surface area contributed by atoms with Crippen LogP contribution in [0.2, 0.25) is 0 Å². The maximum Gasteiger partial charge on any atom is 0.175 e. The van der Waals surface area contributed by atoms with E-state index in [9.17, 15) is 0 Å². The number of nitrogens with zero attached hydrogens (tertiary/aromatic N) is 2. The predicted molar refractivity (Wildman–Crippen MR) is 105 cm³/mol. The van der Waals surface area contributed by atoms with Crippen LogP contribution in [0.3, 0.4) is 0 Å². The van der Waals surface area contributed by atoms with Crippen LogP contribution in [-0.2, 0) is 6.54 Å². The molecule has 0 aliphatic heterocycles. The summed E-state index contributed by atoms with van der Waals surface area (Å²) < 4.78 is 7.22. The Labute approximate surface area is 152 Å². The standard InChI is InChI=1S/C19H20N4OS/c1-14-8-9-18(24-2)17(10-14)22-19(25)21-16-11-20-23(13-16)12-15-6-4-3-5-7-15/h3-11,13H,12H2,1-2H3,(H2,21,22,25). The third kappa shape index (κ3) is 4.58. The fraction of sp³-hybridized carbons (Fsp3) is 0.158. The molecule has 2 aromatic carbocycles. The van der Waals surface area contributed by atoms with E-state index >= 15 is 0 Å². The molecule has 128 valence electrons. The minimum atomic E-state index is 0.489. The van der Waals surface area contributed by atoms with Crippen molar-refractivity contribution in [2.24, 2.45) is 0 Å². The second-order valence-electron chi connectivity index (χ2n) is 5.70. The molecule has 1 heterocycles. The minimum Gasteiger partial charge on any atom is -0.495 e. The van der Waals surface area contributed by atoms with Crippen LogP contribution >= 0.6 is 12.2 Å². The van der Waals surface area contributed by atoms with Gasteiger partial charge in [0.05, 0.1) is 31.2 Å². The minimum absolute atomic E-state index is 0.489. The van der Waals surface area contributed by atoms with Gasteiger partial charge in [-0.15, -0.1) is 0 Å². The molecule has 2 N–H and O–H groups in total. The van der Waals surface area contributed by atoms with E-state index < -0.39 is 0 Å². The molecule has 0 fully saturated rings. The van der Waals surface area contributed by atoms with Crippen LogP contribution in [-0.4, -0.2) is 22.0 Å². The summed E-state index contributed by atoms with van der Waals surface area (Å²) in [6.07, 6.45) is 3.68. The Morgan fingerprint density at radius 3 is 2.72 bits per heavy atom. The average Bonchev–Trinajstić information content (AvgIpc) is 3.02. The Hall–Kier alpha value is -2.86. The van der Waals surface area contributed by atoms with Crippen LogP contribution in [0.15, 0.2) is 60.9 Å². The first-order valence-corrected chi connectivity index (χ1v) is 8.34. The lowest BCUT2D eigenvalue weighted by molar-refractivity contribution is 0.417. The maximum atomic E-state index is 5.39. The van der Waals surface area contributed by atoms with Crippen molar-refractivity contribution in [3.05, 3.63) is 72.1 Å². The lowest BCUT2D eigenvalue weighted by Gasteiger charge is -2.13. The van der Waals surface area contributed by atoms with Crippen LogP contribution in [0.1, 0.15) is 11.1 Å². The lowest BCUT2D eigenvalue weighted by atomic mass is 10.2. The highest BCUT2D eigenvalue weighted by Crippen LogP contribution is 2.25. The van der Waals surface area contributed by atoms with Gasteiger partial charge in [0.25, 0.3) is 0 Å². The molecule has 5 nitrogen and oxygen atoms in total. The van der Waals surface area contributed by atoms with Crippen LogP contribution in [0.5, 0.6) is 5.75 Å². The summed E-state index contributed by atoms with van der Waals surface area (Å²) in [4.78, 5) is 0. The van der Waals surface area contributed by atoms with E-state index in [2.05, 4.69) is 27.9 Å². The van der Waals surface area contributed by atoms with E-state index in [-0.39, 0.29) is 0 Å². The first-order valence-electron chi connectivity index (χ1n) is 7.93. The van der Waals surface area contributed by atoms with Crippen LogP contribution < -0.4 is 15.4 Å². The first-order chi connectivity index (χ1) is 12.1. The zero-order valence-corrected chi connectivity index (χ0v) is 15.0. The van der Waals surface area contributed by atoms with Crippen molar-refractivity contribution in [2.45, 2.75) is 13.5 Å². The van der Waals surface area contributed by atoms with E-state index in [1.807, 2.05) is 54.2 Å². The van der Waals surface area contributed by atoms with Crippen molar-refractivity contribution in [2.75, 3.05) is 17.7 Å². The SMILES string of the molecule is COc1ccc(C)cc1NC(=S)Nc1cnn(Cc2ccccc2)c1. The summed E-state index contributed by atoms with van der Waals surface area (Å²) in [5.41, 5.74) is 3.99. The van der Waals surface area contributed by atoms with Gasteiger partial charge < -0.3 is 15.4 Å². The highest BCUT2D eigenvalue weighted by Gasteiger charge is 2.07. The number of methoxy groups -OCH3 is 1. The Morgan fingerprint density at radius 1 is 1.16 bits per heavy atom. The van der Waals surface area contributed by atoms with Gasteiger partial charge in [-0.1, -0.05) is 36.4 Å². The number of rotatable bonds is 5. The van der Waals surface area contributed by atoms with Gasteiger partial charge in [0, 0.05) is 6.20 Å². The molecule has 6 heteroatoms. The second kappa shape index (κ2) is 7.81. The molecular weight excluding hydrogens is 332 g/mol. The van der Waals surface area contributed by atoms with Gasteiger partial charge in [-0.05, 0) is 42.4 Å². The number of anilines is 2. The number of hydrogen-bond donors (Lipinski definition) is 2. The van der Waals surface area contributed by atoms with Gasteiger partial charge in [-0.3, -0.25) is 4.68 Å². The summed E-state index contributed by atoms with van der Waals surface area (Å²) in [6.45, 7) is 2.74. The van der Waals surface area contributed by atoms with Gasteiger partial charge in [-0.25, -0.2) is 0 Å². The highest BCUT2D eigenvalue weighted by atomic mass is 32.1. The number of aryl methyl sites for hydroxylation is 1. The van der Waals surface area contributed by atoms with Crippen molar-refractivity contribution in [3.8, 4) is 5.75 Å². The highest BCUT2D eigenvalue weighted by molar-refractivity contribution is 7.80. The van der Waals surface area contributed by atoms with Crippen LogP contribution in [0, 0.1) is 6.92 Å². The summed E-state index contributed by atoms with van der Waals surface area (Å²) in [7, 11) is 1.64. The maximum absolute atomic E-state index is 5.39. The molecule has 3 aromatic rings. The number of benzene rings is 2. The molecule has 0 bridgehead atoms. The van der Waals surface area contributed by atoms with Crippen molar-refractivity contribution >= 4 is 28.7 Å². The van der Waals surface area contributed by atoms with E-state index in [4.69, 9.17) is 17.0 Å². The predicted octanol–water partition coefficient (Wildman–Crippen LogP) is 4.06. The van der Waals surface area contributed by atoms with Gasteiger partial charge in [0.1, 0.15) is 5.75 Å². The summed E-state index contributed by atoms with van der Waals surface area (Å²) in [5, 5.41) is 11.2. The van der Waals surface area contributed by atoms with E-state index in [0.717, 1.165) is 22.7 Å². The van der Waals surface area contributed by atoms with Crippen molar-refractivity contribution in [1.29, 1.82) is 0 Å². The fourth-order valence-electron chi connectivity index (χ4n) is 2.49. The zero-order valence-electron chi connectivity index (χ0n) is 14.2. The van der Waals surface area contributed by atoms with Crippen LogP contribution in [0.4, 0.5) is 11.4 Å². The fourth-order valence-corrected chi connectivity index (χ4v) is 2.72. The third-order valence-electron chi connectivity index (χ3n) is 3.68. The molecule has 0 spiro atoms. The quantitative estimate of drug-likeness (QED) is 0.678. The monoisotopic (exact) mass is 352 g/mol. The van der Waals surface area contributed by atoms with Gasteiger partial charge in [0.15, 0.2) is 5.11 Å². The normalized spacial score (nSPS) is 10.3. The number of ether oxygens (including phenoxy) is 1. The smallest absolute Gasteiger partial charge is 0.175 e. The molecule has 0 saturated carbocycles. The molecular formula is C19H20N4OS. The molecule has 0 aliphatic rings. The molecule has 25 heavy (non-hydrogen) atoms. The molecule has 0 aliphatic carbocycles. The van der Waals surface area contributed by atoms with Crippen molar-refractivity contribution in [1.82, 2.24) is 9.78 Å². The number of aromatic nitrogens is 2. The topological polar surface area (TPSA) is 51.1 Å². The lowest BCUT2D eigenvalue weighted by Crippen LogP contribution is -2.19. The molecule has 0 unspecified atom stereocenters. The average molecular weight is 352 g/mol. The number of hydrogen-bond acceptors (Lipinski definition) is 3. The molecule has 3 rings (SSSR count). The Balaban J connectivity index is 1.63. The van der Waals surface area contributed by atoms with Crippen molar-refractivity contribution < 1.29 is 4.74 Å². The van der Waals surface area contributed by atoms with Crippen molar-refractivity contribution in [3.63, 3.8) is 0 Å². The molecule has 0 atom stereocenters. The summed E-state index contributed by atoms with van der Waals surface area (Å²) in [5.74, 6) is 0.745. The summed E-state index contributed by atoms with van der Waals surface area (Å²) in [6, 6.07) is 16.1. The van der Waals surface area contributed by atoms with Gasteiger partial charge in [0.2, 0.25) is 0 Å². The van der Waals surface area contributed by atoms with E-state index in [0.29, 0.717) is 11.7 Å². The Kier molecular flexibility index (Phi) is 5.30. The zero-order chi connectivity index (χ0) is 17.6. The second-order valence-corrected chi connectivity index (χ2v) is 6.10. The largest absolute Gasteiger partial charge is 0.495 e. The van der Waals surface area contributed by atoms with E-state index in [1.165, 1.54) is 5.56 Å². The van der Waals surface area contributed by atoms with Gasteiger partial charge in [-0.2, -0.15) is 5.10 Å². The molecule has 0 saturated heterocycles. The molecule has 1 aromatic heterocycles. The molecule has 0 amide bonds. The van der Waals surface area contributed by atoms with E-state index in [1.54, 1.807) is 13.3 Å². The third-order valence-corrected chi connectivity index (χ3v) is 3.89. The first kappa shape index (κ1) is 17.0. The molecule has 0 radical (unpaired) electrons. The van der Waals surface area contributed by atoms with Crippen LogP contribution in [0.25, 0.3) is 0 Å². The van der Waals surface area contributed by atoms with Gasteiger partial charge >= 0.3 is 0 Å². The number of thiocarbonyl (C=S) groups is 1. The Bertz CT molecular complexity index is 861. The summed E-state index contributed by atoms with van der Waals surface area (Å²) >= 11 is 5.39. The Morgan fingerprint density at radius 2 is 1.96 bits per heavy atom. The number of nitrogens with one attached hydrogen (secondary N) is 2.